The van der Waals surface area contributed by atoms with Gasteiger partial charge >= 0.3 is 0 Å². The molecule has 1 aromatic carbocycles. The maximum absolute atomic E-state index is 13.5. The topological polar surface area (TPSA) is 87.8 Å². The molecule has 10 heteroatoms. The molecule has 38 heavy (non-hydrogen) atoms. The van der Waals surface area contributed by atoms with Gasteiger partial charge in [-0.05, 0) is 49.1 Å². The lowest BCUT2D eigenvalue weighted by Gasteiger charge is -2.33. The number of thiocarbonyl (C=S) groups is 1. The molecule has 0 saturated carbocycles. The number of nitriles is 1. The van der Waals surface area contributed by atoms with E-state index in [-0.39, 0.29) is 17.0 Å². The monoisotopic (exact) mass is 552 g/mol. The summed E-state index contributed by atoms with van der Waals surface area (Å²) < 4.78 is 13.0. The van der Waals surface area contributed by atoms with E-state index >= 15 is 0 Å². The second-order valence-corrected chi connectivity index (χ2v) is 10.9. The summed E-state index contributed by atoms with van der Waals surface area (Å²) in [4.78, 5) is 31.1. The van der Waals surface area contributed by atoms with Crippen molar-refractivity contribution in [1.82, 2.24) is 9.47 Å². The molecule has 0 bridgehead atoms. The molecule has 200 valence electrons. The van der Waals surface area contributed by atoms with E-state index in [9.17, 15) is 14.9 Å². The average molecular weight is 553 g/mol. The predicted octanol–water partition coefficient (Wildman–Crippen LogP) is 4.12. The van der Waals surface area contributed by atoms with E-state index in [2.05, 4.69) is 17.9 Å². The van der Waals surface area contributed by atoms with Crippen LogP contribution in [0.3, 0.4) is 0 Å². The van der Waals surface area contributed by atoms with Crippen LogP contribution < -0.4 is 15.2 Å². The van der Waals surface area contributed by atoms with Crippen molar-refractivity contribution in [2.75, 3.05) is 44.9 Å². The number of benzene rings is 1. The quantitative estimate of drug-likeness (QED) is 0.339. The largest absolute Gasteiger partial charge is 0.497 e. The highest BCUT2D eigenvalue weighted by Gasteiger charge is 2.33. The maximum atomic E-state index is 13.5. The number of morpholine rings is 1. The summed E-state index contributed by atoms with van der Waals surface area (Å²) in [7, 11) is 1.63. The second kappa shape index (κ2) is 12.6. The zero-order chi connectivity index (χ0) is 27.2. The third-order valence-corrected chi connectivity index (χ3v) is 8.20. The number of amides is 1. The number of thioether (sulfide) groups is 1. The van der Waals surface area contributed by atoms with Crippen molar-refractivity contribution in [3.63, 3.8) is 0 Å². The average Bonchev–Trinajstić information content (AvgIpc) is 3.20. The molecule has 0 N–H and O–H groups in total. The molecule has 2 aliphatic heterocycles. The number of hydrogen-bond acceptors (Lipinski definition) is 8. The fourth-order valence-corrected chi connectivity index (χ4v) is 5.93. The first-order valence-corrected chi connectivity index (χ1v) is 14.0. The first-order valence-electron chi connectivity index (χ1n) is 12.8. The van der Waals surface area contributed by atoms with Gasteiger partial charge in [0.15, 0.2) is 0 Å². The number of unbranched alkanes of at least 4 members (excludes halogenated alkanes) is 1. The van der Waals surface area contributed by atoms with Gasteiger partial charge in [0.05, 0.1) is 25.2 Å². The lowest BCUT2D eigenvalue weighted by molar-refractivity contribution is -0.122. The number of nitrogens with zero attached hydrogens (tertiary/aromatic N) is 4. The zero-order valence-corrected chi connectivity index (χ0v) is 23.6. The van der Waals surface area contributed by atoms with Crippen LogP contribution in [-0.4, -0.2) is 59.7 Å². The Morgan fingerprint density at radius 3 is 2.53 bits per heavy atom. The number of ether oxygens (including phenoxy) is 2. The molecule has 0 radical (unpaired) electrons. The van der Waals surface area contributed by atoms with Gasteiger partial charge in [-0.1, -0.05) is 49.5 Å². The standard InChI is InChI=1S/C28H32N4O4S2/c1-4-5-11-31-25(30-13-15-36-16-14-30)22(19(2)23(18-29)26(31)33)17-24-27(34)32(28(37)38-24)12-10-20-6-8-21(35-3)9-7-20/h6-9,17H,4-5,10-16H2,1-3H3/b24-17+. The number of aromatic nitrogens is 1. The summed E-state index contributed by atoms with van der Waals surface area (Å²) in [5.74, 6) is 1.36. The van der Waals surface area contributed by atoms with Gasteiger partial charge in [0.2, 0.25) is 0 Å². The van der Waals surface area contributed by atoms with Crippen molar-refractivity contribution in [2.45, 2.75) is 39.7 Å². The van der Waals surface area contributed by atoms with E-state index in [0.29, 0.717) is 60.6 Å². The molecule has 1 aromatic heterocycles. The molecular weight excluding hydrogens is 520 g/mol. The number of pyridine rings is 1. The van der Waals surface area contributed by atoms with Crippen LogP contribution in [0.5, 0.6) is 5.75 Å². The van der Waals surface area contributed by atoms with E-state index in [1.54, 1.807) is 23.5 Å². The number of anilines is 1. The summed E-state index contributed by atoms with van der Waals surface area (Å²) in [6.07, 6.45) is 4.18. The van der Waals surface area contributed by atoms with E-state index in [1.807, 2.05) is 30.3 Å². The summed E-state index contributed by atoms with van der Waals surface area (Å²) >= 11 is 6.84. The van der Waals surface area contributed by atoms with Crippen LogP contribution in [0, 0.1) is 18.3 Å². The van der Waals surface area contributed by atoms with Crippen molar-refractivity contribution < 1.29 is 14.3 Å². The van der Waals surface area contributed by atoms with Crippen molar-refractivity contribution in [2.24, 2.45) is 0 Å². The molecule has 2 aromatic rings. The Labute approximate surface area is 232 Å². The van der Waals surface area contributed by atoms with E-state index < -0.39 is 0 Å². The highest BCUT2D eigenvalue weighted by molar-refractivity contribution is 8.26. The van der Waals surface area contributed by atoms with Gasteiger partial charge in [-0.3, -0.25) is 19.1 Å². The van der Waals surface area contributed by atoms with Gasteiger partial charge in [0.25, 0.3) is 11.5 Å². The lowest BCUT2D eigenvalue weighted by atomic mass is 10.0. The van der Waals surface area contributed by atoms with E-state index in [0.717, 1.165) is 35.5 Å². The number of carbonyl (C=O) groups is 1. The van der Waals surface area contributed by atoms with Crippen molar-refractivity contribution in [1.29, 1.82) is 5.26 Å². The molecule has 4 rings (SSSR count). The zero-order valence-electron chi connectivity index (χ0n) is 22.0. The molecule has 0 spiro atoms. The Morgan fingerprint density at radius 1 is 1.18 bits per heavy atom. The SMILES string of the molecule is CCCCn1c(N2CCOCC2)c(/C=C2/SC(=S)N(CCc3ccc(OC)cc3)C2=O)c(C)c(C#N)c1=O. The molecule has 2 fully saturated rings. The molecule has 0 unspecified atom stereocenters. The molecule has 1 amide bonds. The number of rotatable bonds is 9. The van der Waals surface area contributed by atoms with Crippen LogP contribution in [0.2, 0.25) is 0 Å². The Kier molecular flexibility index (Phi) is 9.26. The van der Waals surface area contributed by atoms with Gasteiger partial charge in [-0.15, -0.1) is 0 Å². The Balaban J connectivity index is 1.71. The van der Waals surface area contributed by atoms with E-state index in [1.165, 1.54) is 11.8 Å². The third kappa shape index (κ3) is 5.80. The van der Waals surface area contributed by atoms with Crippen LogP contribution in [0.25, 0.3) is 6.08 Å². The number of hydrogen-bond donors (Lipinski definition) is 0. The minimum atomic E-state index is -0.288. The van der Waals surface area contributed by atoms with Crippen molar-refractivity contribution in [3.05, 3.63) is 61.8 Å². The van der Waals surface area contributed by atoms with Crippen LogP contribution in [0.4, 0.5) is 5.82 Å². The molecule has 0 atom stereocenters. The molecular formula is C28H32N4O4S2. The first kappa shape index (κ1) is 27.9. The number of carbonyl (C=O) groups excluding carboxylic acids is 1. The fourth-order valence-electron chi connectivity index (χ4n) is 4.64. The van der Waals surface area contributed by atoms with Crippen LogP contribution in [0.1, 0.15) is 42.0 Å². The van der Waals surface area contributed by atoms with E-state index in [4.69, 9.17) is 21.7 Å². The van der Waals surface area contributed by atoms with Gasteiger partial charge in [0, 0.05) is 31.7 Å². The van der Waals surface area contributed by atoms with Crippen LogP contribution in [0.15, 0.2) is 34.0 Å². The van der Waals surface area contributed by atoms with Gasteiger partial charge in [-0.2, -0.15) is 5.26 Å². The Morgan fingerprint density at radius 2 is 1.89 bits per heavy atom. The van der Waals surface area contributed by atoms with Gasteiger partial charge in [-0.25, -0.2) is 0 Å². The lowest BCUT2D eigenvalue weighted by Crippen LogP contribution is -2.41. The van der Waals surface area contributed by atoms with Gasteiger partial charge < -0.3 is 14.4 Å². The minimum absolute atomic E-state index is 0.111. The fraction of sp³-hybridized carbons (Fsp3) is 0.429. The normalized spacial score (nSPS) is 16.8. The highest BCUT2D eigenvalue weighted by atomic mass is 32.2. The molecule has 2 saturated heterocycles. The molecule has 0 aliphatic carbocycles. The molecule has 2 aliphatic rings. The molecule has 8 nitrogen and oxygen atoms in total. The van der Waals surface area contributed by atoms with Crippen molar-refractivity contribution >= 4 is 46.1 Å². The number of methoxy groups -OCH3 is 1. The Bertz CT molecular complexity index is 1340. The molecule has 3 heterocycles. The van der Waals surface area contributed by atoms with Gasteiger partial charge in [0.1, 0.15) is 27.5 Å². The first-order chi connectivity index (χ1) is 18.4. The predicted molar refractivity (Wildman–Crippen MR) is 155 cm³/mol. The highest BCUT2D eigenvalue weighted by Crippen LogP contribution is 2.36. The minimum Gasteiger partial charge on any atom is -0.497 e. The summed E-state index contributed by atoms with van der Waals surface area (Å²) in [6.45, 7) is 7.16. The Hall–Kier alpha value is -3.13. The summed E-state index contributed by atoms with van der Waals surface area (Å²) in [5.41, 5.74) is 2.20. The smallest absolute Gasteiger partial charge is 0.270 e. The van der Waals surface area contributed by atoms with Crippen LogP contribution >= 0.6 is 24.0 Å². The summed E-state index contributed by atoms with van der Waals surface area (Å²) in [6, 6.07) is 9.86. The second-order valence-electron chi connectivity index (χ2n) is 9.19. The van der Waals surface area contributed by atoms with Crippen molar-refractivity contribution in [3.8, 4) is 11.8 Å². The van der Waals surface area contributed by atoms with Crippen LogP contribution in [-0.2, 0) is 22.5 Å². The summed E-state index contributed by atoms with van der Waals surface area (Å²) in [5, 5.41) is 9.86. The third-order valence-electron chi connectivity index (χ3n) is 6.82. The maximum Gasteiger partial charge on any atom is 0.270 e.